The number of nitrogens with zero attached hydrogens (tertiary/aromatic N) is 3. The lowest BCUT2D eigenvalue weighted by atomic mass is 10.1. The summed E-state index contributed by atoms with van der Waals surface area (Å²) in [5, 5.41) is 10.2. The van der Waals surface area contributed by atoms with E-state index in [1.54, 1.807) is 32.9 Å². The number of carbonyl (C=O) groups excluding carboxylic acids is 2. The number of aromatic nitrogens is 3. The predicted octanol–water partition coefficient (Wildman–Crippen LogP) is 4.18. The van der Waals surface area contributed by atoms with Crippen molar-refractivity contribution < 1.29 is 22.7 Å². The number of carbonyl (C=O) groups is 2. The first kappa shape index (κ1) is 27.2. The third-order valence-corrected chi connectivity index (χ3v) is 7.62. The van der Waals surface area contributed by atoms with Gasteiger partial charge in [-0.2, -0.15) is 0 Å². The van der Waals surface area contributed by atoms with Gasteiger partial charge in [0.1, 0.15) is 11.8 Å². The van der Waals surface area contributed by atoms with Crippen LogP contribution in [-0.2, 0) is 9.84 Å². The maximum atomic E-state index is 13.5. The van der Waals surface area contributed by atoms with Crippen LogP contribution in [0.3, 0.4) is 0 Å². The number of ether oxygens (including phenoxy) is 1. The highest BCUT2D eigenvalue weighted by Crippen LogP contribution is 2.32. The van der Waals surface area contributed by atoms with Crippen LogP contribution >= 0.6 is 34.8 Å². The first-order valence-electron chi connectivity index (χ1n) is 10.9. The quantitative estimate of drug-likeness (QED) is 0.443. The second kappa shape index (κ2) is 10.1. The summed E-state index contributed by atoms with van der Waals surface area (Å²) in [4.78, 5) is 30.6. The third-order valence-electron chi connectivity index (χ3n) is 5.05. The summed E-state index contributed by atoms with van der Waals surface area (Å²) in [5.74, 6) is -1.38. The Balaban J connectivity index is 1.72. The van der Waals surface area contributed by atoms with Crippen molar-refractivity contribution in [2.45, 2.75) is 32.4 Å². The van der Waals surface area contributed by atoms with Crippen molar-refractivity contribution in [3.8, 4) is 11.7 Å². The van der Waals surface area contributed by atoms with Gasteiger partial charge in [-0.05, 0) is 45.0 Å². The molecule has 196 valence electrons. The van der Waals surface area contributed by atoms with Gasteiger partial charge in [0.05, 0.1) is 32.8 Å². The van der Waals surface area contributed by atoms with Crippen molar-refractivity contribution >= 4 is 62.1 Å². The molecule has 0 aliphatic carbocycles. The number of rotatable bonds is 6. The first-order chi connectivity index (χ1) is 17.2. The molecule has 0 spiro atoms. The second-order valence-corrected chi connectivity index (χ2v) is 12.8. The monoisotopic (exact) mass is 585 g/mol. The number of sulfone groups is 1. The van der Waals surface area contributed by atoms with Crippen molar-refractivity contribution in [1.29, 1.82) is 0 Å². The summed E-state index contributed by atoms with van der Waals surface area (Å²) in [5.41, 5.74) is -0.530. The van der Waals surface area contributed by atoms with Crippen molar-refractivity contribution in [2.24, 2.45) is 0 Å². The minimum atomic E-state index is -3.14. The van der Waals surface area contributed by atoms with Crippen molar-refractivity contribution in [3.05, 3.63) is 62.9 Å². The molecule has 1 aromatic carbocycles. The lowest BCUT2D eigenvalue weighted by Crippen LogP contribution is -2.45. The molecular weight excluding hydrogens is 565 g/mol. The molecule has 1 fully saturated rings. The first-order valence-corrected chi connectivity index (χ1v) is 13.9. The van der Waals surface area contributed by atoms with Gasteiger partial charge in [-0.3, -0.25) is 9.59 Å². The Morgan fingerprint density at radius 3 is 2.41 bits per heavy atom. The zero-order valence-electron chi connectivity index (χ0n) is 19.9. The van der Waals surface area contributed by atoms with E-state index in [4.69, 9.17) is 39.5 Å². The van der Waals surface area contributed by atoms with Crippen LogP contribution in [0.2, 0.25) is 15.1 Å². The molecule has 3 heterocycles. The molecular formula is C23H22Cl3N5O5S. The predicted molar refractivity (Wildman–Crippen MR) is 141 cm³/mol. The zero-order chi connectivity index (χ0) is 27.1. The number of pyridine rings is 1. The summed E-state index contributed by atoms with van der Waals surface area (Å²) in [6.07, 6.45) is 0.871. The molecule has 0 radical (unpaired) electrons. The summed E-state index contributed by atoms with van der Waals surface area (Å²) in [7, 11) is -3.14. The Bertz CT molecular complexity index is 1490. The molecule has 0 bridgehead atoms. The number of hydrogen-bond acceptors (Lipinski definition) is 7. The van der Waals surface area contributed by atoms with Crippen LogP contribution in [0.15, 0.2) is 36.5 Å². The van der Waals surface area contributed by atoms with E-state index in [1.807, 2.05) is 0 Å². The fourth-order valence-electron chi connectivity index (χ4n) is 3.50. The third kappa shape index (κ3) is 6.35. The van der Waals surface area contributed by atoms with Gasteiger partial charge in [-0.25, -0.2) is 18.1 Å². The van der Waals surface area contributed by atoms with Crippen molar-refractivity contribution in [2.75, 3.05) is 16.8 Å². The number of halogens is 3. The summed E-state index contributed by atoms with van der Waals surface area (Å²) >= 11 is 18.8. The van der Waals surface area contributed by atoms with E-state index in [1.165, 1.54) is 29.1 Å². The number of hydrogen-bond donors (Lipinski definition) is 2. The van der Waals surface area contributed by atoms with Gasteiger partial charge in [-0.1, -0.05) is 34.8 Å². The molecule has 1 saturated heterocycles. The molecule has 3 aromatic rings. The van der Waals surface area contributed by atoms with Crippen LogP contribution in [0.4, 0.5) is 5.69 Å². The topological polar surface area (TPSA) is 132 Å². The van der Waals surface area contributed by atoms with Gasteiger partial charge < -0.3 is 15.4 Å². The van der Waals surface area contributed by atoms with Crippen molar-refractivity contribution in [1.82, 2.24) is 20.1 Å². The molecule has 4 rings (SSSR count). The minimum Gasteiger partial charge on any atom is -0.471 e. The average molecular weight is 587 g/mol. The van der Waals surface area contributed by atoms with Gasteiger partial charge in [0, 0.05) is 22.8 Å². The highest BCUT2D eigenvalue weighted by atomic mass is 35.5. The van der Waals surface area contributed by atoms with Crippen LogP contribution < -0.4 is 15.4 Å². The highest BCUT2D eigenvalue weighted by molar-refractivity contribution is 7.92. The maximum Gasteiger partial charge on any atom is 0.274 e. The second-order valence-electron chi connectivity index (χ2n) is 9.37. The van der Waals surface area contributed by atoms with E-state index in [-0.39, 0.29) is 55.2 Å². The van der Waals surface area contributed by atoms with Crippen LogP contribution in [-0.4, -0.2) is 58.1 Å². The van der Waals surface area contributed by atoms with Gasteiger partial charge in [0.2, 0.25) is 5.88 Å². The molecule has 37 heavy (non-hydrogen) atoms. The molecule has 10 nitrogen and oxygen atoms in total. The molecule has 0 saturated carbocycles. The lowest BCUT2D eigenvalue weighted by molar-refractivity contribution is 0.0920. The average Bonchev–Trinajstić information content (AvgIpc) is 3.17. The van der Waals surface area contributed by atoms with E-state index in [2.05, 4.69) is 20.7 Å². The molecule has 1 aliphatic rings. The van der Waals surface area contributed by atoms with E-state index in [9.17, 15) is 18.0 Å². The molecule has 0 unspecified atom stereocenters. The fraction of sp³-hybridized carbons (Fsp3) is 0.304. The molecule has 14 heteroatoms. The Morgan fingerprint density at radius 1 is 1.08 bits per heavy atom. The Kier molecular flexibility index (Phi) is 7.44. The number of benzene rings is 1. The van der Waals surface area contributed by atoms with Crippen LogP contribution in [0.25, 0.3) is 5.82 Å². The van der Waals surface area contributed by atoms with Gasteiger partial charge in [-0.15, -0.1) is 5.10 Å². The molecule has 2 N–H and O–H groups in total. The van der Waals surface area contributed by atoms with Gasteiger partial charge in [0.25, 0.3) is 11.8 Å². The van der Waals surface area contributed by atoms with Crippen molar-refractivity contribution in [3.63, 3.8) is 0 Å². The minimum absolute atomic E-state index is 0.000304. The van der Waals surface area contributed by atoms with Gasteiger partial charge in [0.15, 0.2) is 15.7 Å². The van der Waals surface area contributed by atoms with E-state index in [0.29, 0.717) is 0 Å². The Hall–Kier alpha value is -2.86. The SMILES string of the molecule is CC(C)(C)NC(=O)c1cc(Cl)cc(Cl)c1NC(=O)c1cc(OC2CS(=O)(=O)C2)nn1-c1ncccc1Cl. The Morgan fingerprint density at radius 2 is 1.78 bits per heavy atom. The Labute approximate surface area is 228 Å². The fourth-order valence-corrected chi connectivity index (χ4v) is 5.41. The standard InChI is InChI=1S/C23H22Cl3N5O5S/c1-23(2,3)29-21(32)14-7-12(24)8-16(26)19(14)28-22(33)17-9-18(36-13-10-37(34,35)11-13)30-31(17)20-15(25)5-4-6-27-20/h4-9,13H,10-11H2,1-3H3,(H,28,33)(H,29,32). The maximum absolute atomic E-state index is 13.5. The molecule has 1 aliphatic heterocycles. The van der Waals surface area contributed by atoms with E-state index in [0.717, 1.165) is 0 Å². The molecule has 2 aromatic heterocycles. The largest absolute Gasteiger partial charge is 0.471 e. The van der Waals surface area contributed by atoms with E-state index < -0.39 is 33.3 Å². The van der Waals surface area contributed by atoms with Crippen LogP contribution in [0.1, 0.15) is 41.6 Å². The smallest absolute Gasteiger partial charge is 0.274 e. The van der Waals surface area contributed by atoms with Crippen LogP contribution in [0, 0.1) is 0 Å². The number of amides is 2. The summed E-state index contributed by atoms with van der Waals surface area (Å²) < 4.78 is 29.9. The van der Waals surface area contributed by atoms with Gasteiger partial charge >= 0.3 is 0 Å². The molecule has 2 amide bonds. The van der Waals surface area contributed by atoms with E-state index >= 15 is 0 Å². The lowest BCUT2D eigenvalue weighted by Gasteiger charge is -2.25. The number of nitrogens with one attached hydrogen (secondary N) is 2. The summed E-state index contributed by atoms with van der Waals surface area (Å²) in [6.45, 7) is 5.41. The molecule has 0 atom stereocenters. The highest BCUT2D eigenvalue weighted by Gasteiger charge is 2.36. The summed E-state index contributed by atoms with van der Waals surface area (Å²) in [6, 6.07) is 7.29. The zero-order valence-corrected chi connectivity index (χ0v) is 23.0. The normalized spacial score (nSPS) is 15.1. The number of anilines is 1. The van der Waals surface area contributed by atoms with Crippen LogP contribution in [0.5, 0.6) is 5.88 Å².